The Labute approximate surface area is 330 Å². The van der Waals surface area contributed by atoms with Crippen LogP contribution in [-0.2, 0) is 0 Å². The molecule has 0 bridgehead atoms. The van der Waals surface area contributed by atoms with E-state index >= 15 is 0 Å². The number of rotatable bonds is 6. The molecular weight excluding hydrogens is 693 g/mol. The van der Waals surface area contributed by atoms with Crippen LogP contribution in [0.3, 0.4) is 0 Å². The van der Waals surface area contributed by atoms with Gasteiger partial charge in [-0.2, -0.15) is 0 Å². The van der Waals surface area contributed by atoms with Crippen LogP contribution in [0.5, 0.6) is 0 Å². The largest absolute Gasteiger partial charge is 0.455 e. The molecule has 57 heavy (non-hydrogen) atoms. The highest BCUT2D eigenvalue weighted by molar-refractivity contribution is 6.23. The molecule has 3 nitrogen and oxygen atoms in total. The fourth-order valence-electron chi connectivity index (χ4n) is 8.34. The standard InChI is InChI=1S/C54H34N2O/c1-3-14-35(15-4-1)40-20-11-21-41(32-40)50-34-49(55-54(56-50)39-17-5-2-6-18-39)38-30-28-37(29-31-38)47-33-48-52-45(43-25-12-19-36-16-7-8-22-42(36)43)26-13-27-51(52)57-53(48)46-24-10-9-23-44(46)47/h1-34H. The average Bonchev–Trinajstić information content (AvgIpc) is 3.68. The van der Waals surface area contributed by atoms with Gasteiger partial charge in [0.2, 0.25) is 0 Å². The lowest BCUT2D eigenvalue weighted by molar-refractivity contribution is 0.673. The van der Waals surface area contributed by atoms with E-state index in [1.165, 1.54) is 27.5 Å². The number of furan rings is 1. The third kappa shape index (κ3) is 5.76. The first-order chi connectivity index (χ1) is 28.2. The van der Waals surface area contributed by atoms with Crippen molar-refractivity contribution in [3.8, 4) is 67.3 Å². The highest BCUT2D eigenvalue weighted by Crippen LogP contribution is 2.44. The monoisotopic (exact) mass is 726 g/mol. The van der Waals surface area contributed by atoms with Crippen LogP contribution < -0.4 is 0 Å². The Kier molecular flexibility index (Phi) is 7.82. The molecule has 0 N–H and O–H groups in total. The molecule has 0 unspecified atom stereocenters. The van der Waals surface area contributed by atoms with Crippen molar-refractivity contribution in [1.29, 1.82) is 0 Å². The number of benzene rings is 9. The first-order valence-electron chi connectivity index (χ1n) is 19.3. The maximum atomic E-state index is 6.72. The van der Waals surface area contributed by atoms with Gasteiger partial charge < -0.3 is 4.42 Å². The van der Waals surface area contributed by atoms with Gasteiger partial charge in [0.05, 0.1) is 11.4 Å². The molecule has 0 saturated heterocycles. The molecule has 0 atom stereocenters. The van der Waals surface area contributed by atoms with Crippen LogP contribution >= 0.6 is 0 Å². The van der Waals surface area contributed by atoms with Crippen molar-refractivity contribution in [3.05, 3.63) is 206 Å². The summed E-state index contributed by atoms with van der Waals surface area (Å²) < 4.78 is 6.72. The Bertz CT molecular complexity index is 3270. The molecule has 0 fully saturated rings. The van der Waals surface area contributed by atoms with Gasteiger partial charge >= 0.3 is 0 Å². The molecule has 0 aliphatic heterocycles. The zero-order valence-electron chi connectivity index (χ0n) is 30.9. The Morgan fingerprint density at radius 3 is 1.70 bits per heavy atom. The maximum absolute atomic E-state index is 6.72. The zero-order valence-corrected chi connectivity index (χ0v) is 30.9. The van der Waals surface area contributed by atoms with Crippen molar-refractivity contribution < 1.29 is 4.42 Å². The summed E-state index contributed by atoms with van der Waals surface area (Å²) in [4.78, 5) is 10.2. The lowest BCUT2D eigenvalue weighted by Gasteiger charge is -2.12. The lowest BCUT2D eigenvalue weighted by Crippen LogP contribution is -1.96. The molecule has 0 spiro atoms. The summed E-state index contributed by atoms with van der Waals surface area (Å²) in [6.45, 7) is 0. The van der Waals surface area contributed by atoms with Crippen LogP contribution in [0.15, 0.2) is 211 Å². The van der Waals surface area contributed by atoms with Crippen molar-refractivity contribution in [3.63, 3.8) is 0 Å². The van der Waals surface area contributed by atoms with Crippen LogP contribution in [0, 0.1) is 0 Å². The normalized spacial score (nSPS) is 11.5. The lowest BCUT2D eigenvalue weighted by atomic mass is 9.91. The first kappa shape index (κ1) is 32.8. The molecule has 0 amide bonds. The molecule has 11 rings (SSSR count). The predicted molar refractivity (Wildman–Crippen MR) is 237 cm³/mol. The van der Waals surface area contributed by atoms with Crippen molar-refractivity contribution >= 4 is 43.5 Å². The summed E-state index contributed by atoms with van der Waals surface area (Å²) in [5.74, 6) is 0.697. The highest BCUT2D eigenvalue weighted by Gasteiger charge is 2.19. The number of aromatic nitrogens is 2. The van der Waals surface area contributed by atoms with Crippen LogP contribution in [0.2, 0.25) is 0 Å². The van der Waals surface area contributed by atoms with Crippen molar-refractivity contribution in [1.82, 2.24) is 9.97 Å². The van der Waals surface area contributed by atoms with E-state index in [2.05, 4.69) is 182 Å². The number of hydrogen-bond donors (Lipinski definition) is 0. The van der Waals surface area contributed by atoms with Crippen LogP contribution in [0.1, 0.15) is 0 Å². The van der Waals surface area contributed by atoms with Crippen molar-refractivity contribution in [2.45, 2.75) is 0 Å². The molecule has 266 valence electrons. The minimum absolute atomic E-state index is 0.697. The molecule has 9 aromatic carbocycles. The average molecular weight is 727 g/mol. The molecule has 0 radical (unpaired) electrons. The fraction of sp³-hybridized carbons (Fsp3) is 0. The van der Waals surface area contributed by atoms with Gasteiger partial charge in [-0.25, -0.2) is 9.97 Å². The van der Waals surface area contributed by atoms with Gasteiger partial charge in [-0.05, 0) is 73.8 Å². The molecular formula is C54H34N2O. The van der Waals surface area contributed by atoms with Crippen LogP contribution in [0.25, 0.3) is 111 Å². The molecule has 0 saturated carbocycles. The van der Waals surface area contributed by atoms with E-state index in [1.54, 1.807) is 0 Å². The second kappa shape index (κ2) is 13.6. The molecule has 3 heteroatoms. The second-order valence-electron chi connectivity index (χ2n) is 14.5. The highest BCUT2D eigenvalue weighted by atomic mass is 16.3. The van der Waals surface area contributed by atoms with Crippen LogP contribution in [-0.4, -0.2) is 9.97 Å². The summed E-state index contributed by atoms with van der Waals surface area (Å²) >= 11 is 0. The first-order valence-corrected chi connectivity index (χ1v) is 19.3. The third-order valence-electron chi connectivity index (χ3n) is 11.1. The van der Waals surface area contributed by atoms with E-state index in [1.807, 2.05) is 24.3 Å². The zero-order chi connectivity index (χ0) is 37.7. The van der Waals surface area contributed by atoms with Crippen LogP contribution in [0.4, 0.5) is 0 Å². The summed E-state index contributed by atoms with van der Waals surface area (Å²) in [5.41, 5.74) is 13.6. The molecule has 2 aromatic heterocycles. The smallest absolute Gasteiger partial charge is 0.160 e. The second-order valence-corrected chi connectivity index (χ2v) is 14.5. The fourth-order valence-corrected chi connectivity index (χ4v) is 8.34. The molecule has 11 aromatic rings. The van der Waals surface area contributed by atoms with Gasteiger partial charge in [-0.1, -0.05) is 182 Å². The number of nitrogens with zero attached hydrogens (tertiary/aromatic N) is 2. The predicted octanol–water partition coefficient (Wildman–Crippen LogP) is 14.7. The quantitative estimate of drug-likeness (QED) is 0.171. The molecule has 2 heterocycles. The molecule has 0 aliphatic rings. The summed E-state index contributed by atoms with van der Waals surface area (Å²) in [7, 11) is 0. The van der Waals surface area contributed by atoms with E-state index in [0.29, 0.717) is 5.82 Å². The van der Waals surface area contributed by atoms with Gasteiger partial charge in [0.25, 0.3) is 0 Å². The van der Waals surface area contributed by atoms with Gasteiger partial charge in [0, 0.05) is 32.8 Å². The van der Waals surface area contributed by atoms with Gasteiger partial charge in [-0.15, -0.1) is 0 Å². The Morgan fingerprint density at radius 1 is 0.316 bits per heavy atom. The van der Waals surface area contributed by atoms with E-state index in [-0.39, 0.29) is 0 Å². The minimum Gasteiger partial charge on any atom is -0.455 e. The topological polar surface area (TPSA) is 38.9 Å². The van der Waals surface area contributed by atoms with Gasteiger partial charge in [0.1, 0.15) is 11.2 Å². The third-order valence-corrected chi connectivity index (χ3v) is 11.1. The van der Waals surface area contributed by atoms with E-state index < -0.39 is 0 Å². The van der Waals surface area contributed by atoms with Gasteiger partial charge in [0.15, 0.2) is 5.82 Å². The minimum atomic E-state index is 0.697. The van der Waals surface area contributed by atoms with E-state index in [4.69, 9.17) is 14.4 Å². The van der Waals surface area contributed by atoms with E-state index in [0.717, 1.165) is 77.5 Å². The Balaban J connectivity index is 1.05. The number of hydrogen-bond acceptors (Lipinski definition) is 3. The Hall–Kier alpha value is -7.62. The summed E-state index contributed by atoms with van der Waals surface area (Å²) in [6.07, 6.45) is 0. The Morgan fingerprint density at radius 2 is 0.895 bits per heavy atom. The summed E-state index contributed by atoms with van der Waals surface area (Å²) in [5, 5.41) is 6.93. The van der Waals surface area contributed by atoms with Crippen molar-refractivity contribution in [2.24, 2.45) is 0 Å². The maximum Gasteiger partial charge on any atom is 0.160 e. The van der Waals surface area contributed by atoms with Gasteiger partial charge in [-0.3, -0.25) is 0 Å². The molecule has 0 aliphatic carbocycles. The SMILES string of the molecule is c1ccc(-c2cccc(-c3cc(-c4ccc(-c5cc6c(oc7cccc(-c8cccc9ccccc89)c76)c6ccccc56)cc4)nc(-c4ccccc4)n3)c2)cc1. The number of fused-ring (bicyclic) bond motifs is 6. The van der Waals surface area contributed by atoms with E-state index in [9.17, 15) is 0 Å². The van der Waals surface area contributed by atoms with Crippen molar-refractivity contribution in [2.75, 3.05) is 0 Å². The summed E-state index contributed by atoms with van der Waals surface area (Å²) in [6, 6.07) is 72.7.